The molecule has 0 atom stereocenters. The summed E-state index contributed by atoms with van der Waals surface area (Å²) in [6, 6.07) is 8.79. The molecular weight excluding hydrogens is 306 g/mol. The van der Waals surface area contributed by atoms with Crippen LogP contribution in [0.1, 0.15) is 13.8 Å². The molecule has 0 aromatic carbocycles. The minimum absolute atomic E-state index is 0.0234. The lowest BCUT2D eigenvalue weighted by Gasteiger charge is -2.38. The van der Waals surface area contributed by atoms with Gasteiger partial charge in [0.2, 0.25) is 5.91 Å². The number of carbonyl (C=O) groups excluding carboxylic acids is 1. The van der Waals surface area contributed by atoms with Gasteiger partial charge in [-0.05, 0) is 32.0 Å². The van der Waals surface area contributed by atoms with Gasteiger partial charge in [0.1, 0.15) is 6.54 Å². The standard InChI is InChI=1S/C18H21N3O3/c1-18(2)13-20(9-10-24-18)17(23)12-21-11-14(6-7-16(21)22)15-5-3-4-8-19-15/h3-8,11H,9-10,12-13H2,1-2H3. The van der Waals surface area contributed by atoms with E-state index in [1.165, 1.54) is 10.6 Å². The van der Waals surface area contributed by atoms with E-state index in [4.69, 9.17) is 4.74 Å². The van der Waals surface area contributed by atoms with E-state index < -0.39 is 0 Å². The molecule has 6 heteroatoms. The Hall–Kier alpha value is -2.47. The van der Waals surface area contributed by atoms with Crippen LogP contribution in [0, 0.1) is 0 Å². The second kappa shape index (κ2) is 6.57. The topological polar surface area (TPSA) is 64.4 Å². The lowest BCUT2D eigenvalue weighted by atomic mass is 10.1. The van der Waals surface area contributed by atoms with Crippen LogP contribution < -0.4 is 5.56 Å². The van der Waals surface area contributed by atoms with Crippen molar-refractivity contribution >= 4 is 5.91 Å². The molecule has 1 amide bonds. The molecule has 0 unspecified atom stereocenters. The van der Waals surface area contributed by atoms with Crippen LogP contribution in [0.15, 0.2) is 47.5 Å². The molecule has 6 nitrogen and oxygen atoms in total. The van der Waals surface area contributed by atoms with E-state index in [9.17, 15) is 9.59 Å². The summed E-state index contributed by atoms with van der Waals surface area (Å²) in [5.74, 6) is -0.0772. The minimum Gasteiger partial charge on any atom is -0.372 e. The Labute approximate surface area is 140 Å². The number of nitrogens with zero attached hydrogens (tertiary/aromatic N) is 3. The van der Waals surface area contributed by atoms with Gasteiger partial charge in [-0.15, -0.1) is 0 Å². The van der Waals surface area contributed by atoms with Crippen molar-refractivity contribution in [3.63, 3.8) is 0 Å². The fraction of sp³-hybridized carbons (Fsp3) is 0.389. The van der Waals surface area contributed by atoms with Crippen molar-refractivity contribution in [3.8, 4) is 11.3 Å². The van der Waals surface area contributed by atoms with Gasteiger partial charge in [0, 0.05) is 37.1 Å². The Balaban J connectivity index is 1.80. The summed E-state index contributed by atoms with van der Waals surface area (Å²) >= 11 is 0. The molecular formula is C18H21N3O3. The van der Waals surface area contributed by atoms with E-state index in [1.54, 1.807) is 23.4 Å². The van der Waals surface area contributed by atoms with Gasteiger partial charge in [-0.3, -0.25) is 14.6 Å². The molecule has 2 aromatic rings. The molecule has 0 spiro atoms. The van der Waals surface area contributed by atoms with Crippen LogP contribution >= 0.6 is 0 Å². The lowest BCUT2D eigenvalue weighted by Crippen LogP contribution is -2.51. The van der Waals surface area contributed by atoms with E-state index >= 15 is 0 Å². The van der Waals surface area contributed by atoms with Gasteiger partial charge in [0.05, 0.1) is 17.9 Å². The van der Waals surface area contributed by atoms with Crippen LogP contribution in [0.2, 0.25) is 0 Å². The molecule has 0 bridgehead atoms. The molecule has 0 aliphatic carbocycles. The normalized spacial score (nSPS) is 16.8. The number of morpholine rings is 1. The van der Waals surface area contributed by atoms with E-state index in [-0.39, 0.29) is 23.6 Å². The Kier molecular flexibility index (Phi) is 4.49. The molecule has 1 aliphatic rings. The number of rotatable bonds is 3. The molecule has 3 rings (SSSR count). The van der Waals surface area contributed by atoms with Crippen molar-refractivity contribution in [2.24, 2.45) is 0 Å². The molecule has 0 saturated carbocycles. The molecule has 0 radical (unpaired) electrons. The first-order valence-corrected chi connectivity index (χ1v) is 7.98. The molecule has 3 heterocycles. The zero-order valence-corrected chi connectivity index (χ0v) is 13.9. The number of hydrogen-bond donors (Lipinski definition) is 0. The number of amides is 1. The van der Waals surface area contributed by atoms with Gasteiger partial charge >= 0.3 is 0 Å². The zero-order valence-electron chi connectivity index (χ0n) is 13.9. The molecule has 24 heavy (non-hydrogen) atoms. The quantitative estimate of drug-likeness (QED) is 0.858. The highest BCUT2D eigenvalue weighted by atomic mass is 16.5. The first kappa shape index (κ1) is 16.4. The average Bonchev–Trinajstić information content (AvgIpc) is 2.56. The number of pyridine rings is 2. The highest BCUT2D eigenvalue weighted by Crippen LogP contribution is 2.17. The summed E-state index contributed by atoms with van der Waals surface area (Å²) in [7, 11) is 0. The molecule has 126 valence electrons. The lowest BCUT2D eigenvalue weighted by molar-refractivity contribution is -0.146. The molecule has 1 saturated heterocycles. The van der Waals surface area contributed by atoms with Crippen molar-refractivity contribution in [2.75, 3.05) is 19.7 Å². The van der Waals surface area contributed by atoms with Gasteiger partial charge in [-0.25, -0.2) is 0 Å². The van der Waals surface area contributed by atoms with Crippen LogP contribution in [-0.2, 0) is 16.1 Å². The van der Waals surface area contributed by atoms with E-state index in [1.807, 2.05) is 32.0 Å². The monoisotopic (exact) mass is 327 g/mol. The molecule has 2 aromatic heterocycles. The highest BCUT2D eigenvalue weighted by molar-refractivity contribution is 5.76. The van der Waals surface area contributed by atoms with Gasteiger partial charge < -0.3 is 14.2 Å². The first-order chi connectivity index (χ1) is 11.4. The van der Waals surface area contributed by atoms with E-state index in [2.05, 4.69) is 4.98 Å². The summed E-state index contributed by atoms with van der Waals surface area (Å²) in [4.78, 5) is 30.7. The second-order valence-corrected chi connectivity index (χ2v) is 6.52. The Morgan fingerprint density at radius 1 is 1.29 bits per heavy atom. The summed E-state index contributed by atoms with van der Waals surface area (Å²) in [5, 5.41) is 0. The predicted molar refractivity (Wildman–Crippen MR) is 90.5 cm³/mol. The van der Waals surface area contributed by atoms with Crippen LogP contribution in [0.3, 0.4) is 0 Å². The maximum atomic E-state index is 12.6. The van der Waals surface area contributed by atoms with Crippen molar-refractivity contribution < 1.29 is 9.53 Å². The maximum Gasteiger partial charge on any atom is 0.251 e. The van der Waals surface area contributed by atoms with Crippen LogP contribution in [0.4, 0.5) is 0 Å². The van der Waals surface area contributed by atoms with Crippen molar-refractivity contribution in [1.82, 2.24) is 14.5 Å². The van der Waals surface area contributed by atoms with Crippen molar-refractivity contribution in [3.05, 3.63) is 53.1 Å². The summed E-state index contributed by atoms with van der Waals surface area (Å²) in [6.45, 7) is 5.54. The Bertz CT molecular complexity index is 784. The fourth-order valence-corrected chi connectivity index (χ4v) is 2.82. The number of carbonyl (C=O) groups is 1. The maximum absolute atomic E-state index is 12.6. The third-order valence-electron chi connectivity index (χ3n) is 4.03. The smallest absolute Gasteiger partial charge is 0.251 e. The SMILES string of the molecule is CC1(C)CN(C(=O)Cn2cc(-c3ccccn3)ccc2=O)CCO1. The Morgan fingerprint density at radius 2 is 2.12 bits per heavy atom. The predicted octanol–water partition coefficient (Wildman–Crippen LogP) is 1.55. The molecule has 1 aliphatic heterocycles. The first-order valence-electron chi connectivity index (χ1n) is 7.98. The van der Waals surface area contributed by atoms with Crippen LogP contribution in [-0.4, -0.2) is 45.7 Å². The van der Waals surface area contributed by atoms with Crippen molar-refractivity contribution in [1.29, 1.82) is 0 Å². The van der Waals surface area contributed by atoms with Crippen LogP contribution in [0.25, 0.3) is 11.3 Å². The molecule has 0 N–H and O–H groups in total. The number of ether oxygens (including phenoxy) is 1. The second-order valence-electron chi connectivity index (χ2n) is 6.52. The summed E-state index contributed by atoms with van der Waals surface area (Å²) < 4.78 is 7.07. The third kappa shape index (κ3) is 3.71. The van der Waals surface area contributed by atoms with Gasteiger partial charge in [0.15, 0.2) is 0 Å². The molecule has 1 fully saturated rings. The Morgan fingerprint density at radius 3 is 2.83 bits per heavy atom. The third-order valence-corrected chi connectivity index (χ3v) is 4.03. The summed E-state index contributed by atoms with van der Waals surface area (Å²) in [6.07, 6.45) is 3.39. The van der Waals surface area contributed by atoms with E-state index in [0.717, 1.165) is 11.3 Å². The average molecular weight is 327 g/mol. The fourth-order valence-electron chi connectivity index (χ4n) is 2.82. The van der Waals surface area contributed by atoms with Gasteiger partial charge in [0.25, 0.3) is 5.56 Å². The largest absolute Gasteiger partial charge is 0.372 e. The van der Waals surface area contributed by atoms with Crippen molar-refractivity contribution in [2.45, 2.75) is 26.0 Å². The van der Waals surface area contributed by atoms with E-state index in [0.29, 0.717) is 19.7 Å². The minimum atomic E-state index is -0.353. The van der Waals surface area contributed by atoms with Crippen LogP contribution in [0.5, 0.6) is 0 Å². The van der Waals surface area contributed by atoms with Gasteiger partial charge in [-0.2, -0.15) is 0 Å². The zero-order chi connectivity index (χ0) is 17.2. The number of aromatic nitrogens is 2. The highest BCUT2D eigenvalue weighted by Gasteiger charge is 2.29. The van der Waals surface area contributed by atoms with Gasteiger partial charge in [-0.1, -0.05) is 6.07 Å². The number of hydrogen-bond acceptors (Lipinski definition) is 4. The summed E-state index contributed by atoms with van der Waals surface area (Å²) in [5.41, 5.74) is 1.03.